The van der Waals surface area contributed by atoms with E-state index in [1.165, 1.54) is 31.4 Å². The Morgan fingerprint density at radius 1 is 1.03 bits per heavy atom. The summed E-state index contributed by atoms with van der Waals surface area (Å²) in [5.41, 5.74) is 2.33. The predicted octanol–water partition coefficient (Wildman–Crippen LogP) is 6.62. The molecule has 5 nitrogen and oxygen atoms in total. The number of carbonyl (C=O) groups excluding carboxylic acids is 1. The van der Waals surface area contributed by atoms with Gasteiger partial charge >= 0.3 is 0 Å². The van der Waals surface area contributed by atoms with Crippen LogP contribution in [-0.4, -0.2) is 42.6 Å². The van der Waals surface area contributed by atoms with Crippen molar-refractivity contribution in [2.24, 2.45) is 11.8 Å². The molecule has 0 spiro atoms. The van der Waals surface area contributed by atoms with Gasteiger partial charge in [-0.05, 0) is 100.0 Å². The highest BCUT2D eigenvalue weighted by Gasteiger charge is 2.27. The van der Waals surface area contributed by atoms with Crippen LogP contribution < -0.4 is 4.74 Å². The van der Waals surface area contributed by atoms with E-state index in [9.17, 15) is 9.18 Å². The lowest BCUT2D eigenvalue weighted by molar-refractivity contribution is 0.0939. The number of Topliss-reactive ketones (excluding diaryl/α,β-unsaturated/α-hetero) is 1. The van der Waals surface area contributed by atoms with E-state index in [2.05, 4.69) is 10.1 Å². The molecule has 186 valence electrons. The number of halogens is 1. The highest BCUT2D eigenvalue weighted by Crippen LogP contribution is 2.35. The molecule has 1 saturated carbocycles. The summed E-state index contributed by atoms with van der Waals surface area (Å²) < 4.78 is 24.0. The number of likely N-dealkylation sites (tertiary alicyclic amines) is 1. The molecule has 5 rings (SSSR count). The summed E-state index contributed by atoms with van der Waals surface area (Å²) in [5, 5.41) is 5.22. The summed E-state index contributed by atoms with van der Waals surface area (Å²) in [5.74, 6) is 2.43. The van der Waals surface area contributed by atoms with Crippen molar-refractivity contribution in [3.63, 3.8) is 0 Å². The fourth-order valence-electron chi connectivity index (χ4n) is 5.90. The van der Waals surface area contributed by atoms with Gasteiger partial charge in [-0.3, -0.25) is 4.79 Å². The van der Waals surface area contributed by atoms with Crippen LogP contribution in [-0.2, 0) is 0 Å². The maximum atomic E-state index is 13.4. The SMILES string of the molecule is COc1ccc(C(=O)CC2CCC(CCN3CCC(c4noc5cc(F)ccc45)CC3)CC2)cc1. The number of ether oxygens (including phenoxy) is 1. The van der Waals surface area contributed by atoms with Crippen LogP contribution >= 0.6 is 0 Å². The van der Waals surface area contributed by atoms with Gasteiger partial charge in [0.1, 0.15) is 11.6 Å². The number of benzene rings is 2. The molecule has 1 aromatic heterocycles. The molecule has 0 N–H and O–H groups in total. The molecule has 6 heteroatoms. The molecule has 0 atom stereocenters. The van der Waals surface area contributed by atoms with Gasteiger partial charge in [-0.15, -0.1) is 0 Å². The third-order valence-corrected chi connectivity index (χ3v) is 8.14. The number of methoxy groups -OCH3 is 1. The lowest BCUT2D eigenvalue weighted by atomic mass is 9.78. The molecule has 2 aliphatic rings. The first-order valence-electron chi connectivity index (χ1n) is 13.0. The third kappa shape index (κ3) is 5.75. The number of hydrogen-bond acceptors (Lipinski definition) is 5. The van der Waals surface area contributed by atoms with Gasteiger partial charge in [0.2, 0.25) is 0 Å². The van der Waals surface area contributed by atoms with E-state index in [1.807, 2.05) is 24.3 Å². The number of aromatic nitrogens is 1. The van der Waals surface area contributed by atoms with Crippen LogP contribution in [0, 0.1) is 17.7 Å². The van der Waals surface area contributed by atoms with Crippen molar-refractivity contribution in [3.05, 3.63) is 59.5 Å². The zero-order valence-electron chi connectivity index (χ0n) is 20.5. The monoisotopic (exact) mass is 478 g/mol. The maximum absolute atomic E-state index is 13.4. The van der Waals surface area contributed by atoms with Gasteiger partial charge in [-0.2, -0.15) is 0 Å². The molecule has 0 bridgehead atoms. The molecule has 35 heavy (non-hydrogen) atoms. The van der Waals surface area contributed by atoms with Gasteiger partial charge in [-0.1, -0.05) is 18.0 Å². The van der Waals surface area contributed by atoms with E-state index in [1.54, 1.807) is 13.2 Å². The Morgan fingerprint density at radius 3 is 2.46 bits per heavy atom. The molecule has 2 fully saturated rings. The average Bonchev–Trinajstić information content (AvgIpc) is 3.31. The largest absolute Gasteiger partial charge is 0.497 e. The van der Waals surface area contributed by atoms with Crippen LogP contribution in [0.2, 0.25) is 0 Å². The second-order valence-corrected chi connectivity index (χ2v) is 10.4. The topological polar surface area (TPSA) is 55.6 Å². The lowest BCUT2D eigenvalue weighted by Gasteiger charge is -2.34. The lowest BCUT2D eigenvalue weighted by Crippen LogP contribution is -2.35. The van der Waals surface area contributed by atoms with Gasteiger partial charge < -0.3 is 14.2 Å². The maximum Gasteiger partial charge on any atom is 0.170 e. The Morgan fingerprint density at radius 2 is 1.74 bits per heavy atom. The van der Waals surface area contributed by atoms with Crippen LogP contribution in [0.4, 0.5) is 4.39 Å². The fraction of sp³-hybridized carbons (Fsp3) is 0.517. The summed E-state index contributed by atoms with van der Waals surface area (Å²) in [6.07, 6.45) is 8.84. The normalized spacial score (nSPS) is 21.9. The minimum absolute atomic E-state index is 0.254. The molecule has 1 saturated heterocycles. The van der Waals surface area contributed by atoms with Gasteiger partial charge in [0.15, 0.2) is 11.4 Å². The zero-order valence-corrected chi connectivity index (χ0v) is 20.5. The first kappa shape index (κ1) is 24.0. The van der Waals surface area contributed by atoms with Crippen molar-refractivity contribution >= 4 is 16.8 Å². The molecular weight excluding hydrogens is 443 g/mol. The first-order valence-corrected chi connectivity index (χ1v) is 13.0. The molecule has 1 aliphatic heterocycles. The third-order valence-electron chi connectivity index (χ3n) is 8.14. The summed E-state index contributed by atoms with van der Waals surface area (Å²) >= 11 is 0. The van der Waals surface area contributed by atoms with Crippen LogP contribution in [0.3, 0.4) is 0 Å². The molecule has 1 aliphatic carbocycles. The fourth-order valence-corrected chi connectivity index (χ4v) is 5.90. The Bertz CT molecular complexity index is 1130. The van der Waals surface area contributed by atoms with E-state index < -0.39 is 0 Å². The van der Waals surface area contributed by atoms with Gasteiger partial charge in [0.05, 0.1) is 12.8 Å². The molecule has 0 radical (unpaired) electrons. The summed E-state index contributed by atoms with van der Waals surface area (Å²) in [7, 11) is 1.64. The second kappa shape index (κ2) is 10.9. The number of hydrogen-bond donors (Lipinski definition) is 0. The molecule has 2 heterocycles. The number of rotatable bonds is 8. The van der Waals surface area contributed by atoms with Gasteiger partial charge in [0, 0.05) is 29.4 Å². The number of piperidine rings is 1. The van der Waals surface area contributed by atoms with Crippen LogP contribution in [0.5, 0.6) is 5.75 Å². The Hall–Kier alpha value is -2.73. The van der Waals surface area contributed by atoms with E-state index in [0.29, 0.717) is 23.8 Å². The van der Waals surface area contributed by atoms with E-state index in [0.717, 1.165) is 73.6 Å². The predicted molar refractivity (Wildman–Crippen MR) is 134 cm³/mol. The number of nitrogens with zero attached hydrogens (tertiary/aromatic N) is 2. The van der Waals surface area contributed by atoms with Crippen molar-refractivity contribution in [2.75, 3.05) is 26.7 Å². The van der Waals surface area contributed by atoms with Crippen molar-refractivity contribution in [1.29, 1.82) is 0 Å². The molecule has 0 unspecified atom stereocenters. The van der Waals surface area contributed by atoms with Crippen molar-refractivity contribution in [3.8, 4) is 5.75 Å². The Balaban J connectivity index is 1.02. The molecule has 3 aromatic rings. The van der Waals surface area contributed by atoms with E-state index in [-0.39, 0.29) is 11.6 Å². The highest BCUT2D eigenvalue weighted by atomic mass is 19.1. The highest BCUT2D eigenvalue weighted by molar-refractivity contribution is 5.96. The van der Waals surface area contributed by atoms with Crippen LogP contribution in [0.25, 0.3) is 11.0 Å². The number of fused-ring (bicyclic) bond motifs is 1. The van der Waals surface area contributed by atoms with Crippen molar-refractivity contribution < 1.29 is 18.4 Å². The quantitative estimate of drug-likeness (QED) is 0.340. The minimum Gasteiger partial charge on any atom is -0.497 e. The van der Waals surface area contributed by atoms with Crippen LogP contribution in [0.1, 0.15) is 73.3 Å². The van der Waals surface area contributed by atoms with Gasteiger partial charge in [0.25, 0.3) is 0 Å². The summed E-state index contributed by atoms with van der Waals surface area (Å²) in [6, 6.07) is 12.2. The van der Waals surface area contributed by atoms with Crippen molar-refractivity contribution in [1.82, 2.24) is 10.1 Å². The smallest absolute Gasteiger partial charge is 0.170 e. The molecule has 0 amide bonds. The summed E-state index contributed by atoms with van der Waals surface area (Å²) in [6.45, 7) is 3.30. The molecular formula is C29H35FN2O3. The average molecular weight is 479 g/mol. The Kier molecular flexibility index (Phi) is 7.47. The van der Waals surface area contributed by atoms with Crippen LogP contribution in [0.15, 0.2) is 47.0 Å². The minimum atomic E-state index is -0.284. The standard InChI is InChI=1S/C29H35FN2O3/c1-34-25-9-6-22(7-10-25)27(33)18-21-4-2-20(3-5-21)12-15-32-16-13-23(14-17-32)29-26-11-8-24(30)19-28(26)35-31-29/h6-11,19-21,23H,2-5,12-18H2,1H3. The zero-order chi connectivity index (χ0) is 24.2. The molecule has 2 aromatic carbocycles. The number of ketones is 1. The van der Waals surface area contributed by atoms with Gasteiger partial charge in [-0.25, -0.2) is 4.39 Å². The first-order chi connectivity index (χ1) is 17.1. The Labute approximate surface area is 206 Å². The van der Waals surface area contributed by atoms with Crippen molar-refractivity contribution in [2.45, 2.75) is 57.3 Å². The number of carbonyl (C=O) groups is 1. The van der Waals surface area contributed by atoms with E-state index >= 15 is 0 Å². The second-order valence-electron chi connectivity index (χ2n) is 10.4. The summed E-state index contributed by atoms with van der Waals surface area (Å²) in [4.78, 5) is 15.2. The van der Waals surface area contributed by atoms with E-state index in [4.69, 9.17) is 9.26 Å².